The summed E-state index contributed by atoms with van der Waals surface area (Å²) in [6, 6.07) is 0. The van der Waals surface area contributed by atoms with Crippen LogP contribution in [0, 0.1) is 23.8 Å². The molecule has 0 aliphatic heterocycles. The molecule has 3 N–H and O–H groups in total. The predicted octanol–water partition coefficient (Wildman–Crippen LogP) is 8.23. The SMILES string of the molecule is CC(C)C[NH-].CC(C)C[NH-].CC(C)C[NH-].[C-]1=CC=CC1.[CH3][Ge]([CH3])[C](F)(F)F.[Zr+4]. The summed E-state index contributed by atoms with van der Waals surface area (Å²) in [6.07, 6.45) is 10.0. The summed E-state index contributed by atoms with van der Waals surface area (Å²) in [7, 11) is 0. The molecule has 8 heteroatoms. The van der Waals surface area contributed by atoms with Crippen LogP contribution in [0.1, 0.15) is 48.0 Å². The third-order valence-electron chi connectivity index (χ3n) is 2.38. The van der Waals surface area contributed by atoms with E-state index in [9.17, 15) is 13.2 Å². The van der Waals surface area contributed by atoms with Crippen LogP contribution in [0.15, 0.2) is 18.2 Å². The molecule has 28 heavy (non-hydrogen) atoms. The Morgan fingerprint density at radius 3 is 1.14 bits per heavy atom. The molecule has 1 radical (unpaired) electrons. The Morgan fingerprint density at radius 2 is 1.11 bits per heavy atom. The summed E-state index contributed by atoms with van der Waals surface area (Å²) in [4.78, 5) is 0. The maximum Gasteiger partial charge on any atom is 4.00 e. The van der Waals surface area contributed by atoms with Gasteiger partial charge in [0.25, 0.3) is 0 Å². The van der Waals surface area contributed by atoms with E-state index >= 15 is 0 Å². The van der Waals surface area contributed by atoms with E-state index in [0.29, 0.717) is 37.4 Å². The Balaban J connectivity index is -0.0000000786. The molecule has 3 nitrogen and oxygen atoms in total. The van der Waals surface area contributed by atoms with Gasteiger partial charge in [0, 0.05) is 0 Å². The molecule has 0 amide bonds. The number of nitrogens with one attached hydrogen (secondary N) is 3. The normalized spacial score (nSPS) is 11.5. The number of hydrogen-bond donors (Lipinski definition) is 0. The number of halogens is 3. The van der Waals surface area contributed by atoms with Crippen molar-refractivity contribution >= 4 is 14.3 Å². The van der Waals surface area contributed by atoms with Crippen LogP contribution in [0.5, 0.6) is 0 Å². The molecule has 0 aromatic heterocycles. The van der Waals surface area contributed by atoms with Crippen molar-refractivity contribution in [3.63, 3.8) is 0 Å². The summed E-state index contributed by atoms with van der Waals surface area (Å²) in [5, 5.41) is -3.83. The van der Waals surface area contributed by atoms with Crippen LogP contribution in [0.25, 0.3) is 17.2 Å². The topological polar surface area (TPSA) is 71.4 Å². The molecule has 0 saturated carbocycles. The van der Waals surface area contributed by atoms with Crippen molar-refractivity contribution in [1.29, 1.82) is 0 Å². The van der Waals surface area contributed by atoms with Crippen molar-refractivity contribution in [3.8, 4) is 0 Å². The summed E-state index contributed by atoms with van der Waals surface area (Å²) in [5.74, 6) is 4.24. The van der Waals surface area contributed by atoms with Crippen LogP contribution in [-0.4, -0.2) is 39.0 Å². The van der Waals surface area contributed by atoms with Crippen molar-refractivity contribution < 1.29 is 39.4 Å². The molecule has 0 aromatic rings. The van der Waals surface area contributed by atoms with Crippen LogP contribution in [0.4, 0.5) is 13.2 Å². The molecule has 0 atom stereocenters. The maximum absolute atomic E-state index is 11.3. The van der Waals surface area contributed by atoms with Crippen molar-refractivity contribution in [2.75, 3.05) is 19.6 Å². The molecule has 1 rings (SSSR count). The molecule has 0 heterocycles. The molecule has 0 unspecified atom stereocenters. The standard InChI is InChI=1S/C5H5.3C4H10N.C3H6F3Ge.Zr/c1-2-4-5-3-1;3*1-4(2)3-5;1-7(2)3(4,5)6;/h1-3H,4H2;3*4-5H,3H2,1-2H3;1-2H3;/q4*-1;;+4. The van der Waals surface area contributed by atoms with Gasteiger partial charge in [-0.05, 0) is 0 Å². The van der Waals surface area contributed by atoms with Crippen molar-refractivity contribution in [2.24, 2.45) is 17.8 Å². The molecule has 1 aliphatic rings. The van der Waals surface area contributed by atoms with Crippen molar-refractivity contribution in [3.05, 3.63) is 41.5 Å². The molecule has 0 aromatic carbocycles. The minimum absolute atomic E-state index is 0. The van der Waals surface area contributed by atoms with E-state index in [1.807, 2.05) is 53.7 Å². The van der Waals surface area contributed by atoms with E-state index in [-0.39, 0.29) is 26.2 Å². The zero-order chi connectivity index (χ0) is 22.5. The van der Waals surface area contributed by atoms with Gasteiger partial charge in [0.05, 0.1) is 0 Å². The zero-order valence-corrected chi connectivity index (χ0v) is 23.5. The third kappa shape index (κ3) is 56.3. The number of hydrogen-bond acceptors (Lipinski definition) is 0. The minimum atomic E-state index is -3.83. The van der Waals surface area contributed by atoms with Gasteiger partial charge in [-0.3, -0.25) is 6.08 Å². The second kappa shape index (κ2) is 27.6. The van der Waals surface area contributed by atoms with Crippen LogP contribution in [0.3, 0.4) is 0 Å². The molecule has 165 valence electrons. The fourth-order valence-electron chi connectivity index (χ4n) is 0.340. The molecule has 1 aliphatic carbocycles. The van der Waals surface area contributed by atoms with Crippen LogP contribution >= 0.6 is 0 Å². The monoisotopic (exact) mass is 544 g/mol. The summed E-state index contributed by atoms with van der Waals surface area (Å²) in [5.41, 5.74) is 20.0. The van der Waals surface area contributed by atoms with Gasteiger partial charge < -0.3 is 17.2 Å². The van der Waals surface area contributed by atoms with Gasteiger partial charge in [-0.2, -0.15) is 6.08 Å². The fourth-order valence-corrected chi connectivity index (χ4v) is 0.340. The Kier molecular flexibility index (Phi) is 38.5. The number of allylic oxidation sites excluding steroid dienone is 4. The number of rotatable bonds is 3. The summed E-state index contributed by atoms with van der Waals surface area (Å²) in [6.45, 7) is 13.9. The predicted molar refractivity (Wildman–Crippen MR) is 117 cm³/mol. The van der Waals surface area contributed by atoms with Crippen LogP contribution < -0.4 is 0 Å². The maximum atomic E-state index is 11.3. The van der Waals surface area contributed by atoms with Crippen molar-refractivity contribution in [2.45, 2.75) is 64.5 Å². The molecular formula is C20H41F3GeN3Zr. The van der Waals surface area contributed by atoms with Gasteiger partial charge in [-0.15, -0.1) is 26.1 Å². The quantitative estimate of drug-likeness (QED) is 0.254. The summed E-state index contributed by atoms with van der Waals surface area (Å²) < 4.78 is 33.8. The van der Waals surface area contributed by atoms with E-state index in [0.717, 1.165) is 6.42 Å². The molecule has 0 spiro atoms. The summed E-state index contributed by atoms with van der Waals surface area (Å²) >= 11 is -2.59. The first-order valence-corrected chi connectivity index (χ1v) is 14.5. The largest absolute Gasteiger partial charge is 4.00 e. The van der Waals surface area contributed by atoms with E-state index in [1.165, 1.54) is 11.5 Å². The second-order valence-electron chi connectivity index (χ2n) is 7.29. The Hall–Kier alpha value is 0.576. The van der Waals surface area contributed by atoms with Gasteiger partial charge in [0.1, 0.15) is 0 Å². The van der Waals surface area contributed by atoms with Crippen LogP contribution in [-0.2, 0) is 26.2 Å². The average molecular weight is 544 g/mol. The first-order chi connectivity index (χ1) is 12.3. The Labute approximate surface area is 196 Å². The van der Waals surface area contributed by atoms with E-state index < -0.39 is 19.4 Å². The molecular weight excluding hydrogens is 503 g/mol. The minimum Gasteiger partial charge on any atom is 4.00 e. The van der Waals surface area contributed by atoms with Gasteiger partial charge in [0.15, 0.2) is 0 Å². The van der Waals surface area contributed by atoms with Gasteiger partial charge in [-0.25, -0.2) is 12.2 Å². The third-order valence-corrected chi connectivity index (χ3v) is 4.76. The fraction of sp³-hybridized carbons (Fsp3) is 0.800. The number of alkyl halides is 3. The average Bonchev–Trinajstić information content (AvgIpc) is 3.15. The van der Waals surface area contributed by atoms with Gasteiger partial charge >= 0.3 is 70.2 Å². The van der Waals surface area contributed by atoms with Gasteiger partial charge in [0.2, 0.25) is 0 Å². The van der Waals surface area contributed by atoms with E-state index in [2.05, 4.69) is 12.2 Å². The molecule has 0 saturated heterocycles. The van der Waals surface area contributed by atoms with E-state index in [1.54, 1.807) is 0 Å². The zero-order valence-electron chi connectivity index (χ0n) is 18.9. The first kappa shape index (κ1) is 39.1. The second-order valence-corrected chi connectivity index (χ2v) is 12.7. The Morgan fingerprint density at radius 1 is 0.857 bits per heavy atom. The van der Waals surface area contributed by atoms with E-state index in [4.69, 9.17) is 17.2 Å². The van der Waals surface area contributed by atoms with Gasteiger partial charge in [-0.1, -0.05) is 59.3 Å². The molecule has 0 fully saturated rings. The van der Waals surface area contributed by atoms with Crippen molar-refractivity contribution in [1.82, 2.24) is 0 Å². The molecule has 0 bridgehead atoms. The Bertz CT molecular complexity index is 304. The first-order valence-electron chi connectivity index (χ1n) is 9.28. The van der Waals surface area contributed by atoms with Crippen LogP contribution in [0.2, 0.25) is 11.5 Å². The smallest absolute Gasteiger partial charge is 4.00 e.